The summed E-state index contributed by atoms with van der Waals surface area (Å²) in [7, 11) is 0. The molecule has 0 saturated carbocycles. The summed E-state index contributed by atoms with van der Waals surface area (Å²) in [5.41, 5.74) is 7.55. The van der Waals surface area contributed by atoms with Gasteiger partial charge in [-0.05, 0) is 23.8 Å². The second kappa shape index (κ2) is 6.90. The molecule has 0 saturated heterocycles. The Balaban J connectivity index is 2.15. The zero-order chi connectivity index (χ0) is 14.5. The van der Waals surface area contributed by atoms with Crippen molar-refractivity contribution in [3.8, 4) is 0 Å². The summed E-state index contributed by atoms with van der Waals surface area (Å²) in [6.45, 7) is 5.23. The molecule has 0 radical (unpaired) electrons. The number of hydrogen-bond acceptors (Lipinski definition) is 4. The zero-order valence-corrected chi connectivity index (χ0v) is 13.1. The standard InChI is InChI=1S/C15H22N4S/c1-11(2)9-19-15(17-10-18-19)8-13(16)12-6-4-5-7-14(12)20-3/h4-7,10-11,13H,8-9,16H2,1-3H3. The Bertz CT molecular complexity index is 550. The van der Waals surface area contributed by atoms with Crippen LogP contribution >= 0.6 is 11.8 Å². The largest absolute Gasteiger partial charge is 0.324 e. The molecule has 0 spiro atoms. The molecule has 20 heavy (non-hydrogen) atoms. The van der Waals surface area contributed by atoms with Crippen LogP contribution in [0.25, 0.3) is 0 Å². The van der Waals surface area contributed by atoms with E-state index in [4.69, 9.17) is 5.73 Å². The van der Waals surface area contributed by atoms with Gasteiger partial charge in [0.1, 0.15) is 12.2 Å². The second-order valence-electron chi connectivity index (χ2n) is 5.30. The van der Waals surface area contributed by atoms with Gasteiger partial charge < -0.3 is 5.73 Å². The molecule has 1 aromatic carbocycles. The first-order valence-corrected chi connectivity index (χ1v) is 8.09. The minimum atomic E-state index is -0.0474. The van der Waals surface area contributed by atoms with Crippen molar-refractivity contribution in [2.24, 2.45) is 11.7 Å². The highest BCUT2D eigenvalue weighted by molar-refractivity contribution is 7.98. The predicted octanol–water partition coefficient (Wildman–Crippen LogP) is 2.90. The molecule has 0 aliphatic rings. The molecule has 5 heteroatoms. The van der Waals surface area contributed by atoms with E-state index in [1.54, 1.807) is 18.1 Å². The van der Waals surface area contributed by atoms with Crippen LogP contribution in [-0.4, -0.2) is 21.0 Å². The van der Waals surface area contributed by atoms with Crippen LogP contribution in [0.5, 0.6) is 0 Å². The van der Waals surface area contributed by atoms with Crippen molar-refractivity contribution in [2.45, 2.75) is 37.8 Å². The summed E-state index contributed by atoms with van der Waals surface area (Å²) in [6, 6.07) is 8.24. The molecule has 0 fully saturated rings. The van der Waals surface area contributed by atoms with Crippen LogP contribution in [0.2, 0.25) is 0 Å². The van der Waals surface area contributed by atoms with Crippen molar-refractivity contribution < 1.29 is 0 Å². The Hall–Kier alpha value is -1.33. The monoisotopic (exact) mass is 290 g/mol. The van der Waals surface area contributed by atoms with Gasteiger partial charge in [-0.3, -0.25) is 0 Å². The number of aromatic nitrogens is 3. The molecular weight excluding hydrogens is 268 g/mol. The summed E-state index contributed by atoms with van der Waals surface area (Å²) >= 11 is 1.73. The van der Waals surface area contributed by atoms with Crippen LogP contribution < -0.4 is 5.73 Å². The SMILES string of the molecule is CSc1ccccc1C(N)Cc1ncnn1CC(C)C. The number of hydrogen-bond donors (Lipinski definition) is 1. The fraction of sp³-hybridized carbons (Fsp3) is 0.467. The van der Waals surface area contributed by atoms with E-state index >= 15 is 0 Å². The molecule has 0 aliphatic carbocycles. The third kappa shape index (κ3) is 3.61. The fourth-order valence-electron chi connectivity index (χ4n) is 2.22. The lowest BCUT2D eigenvalue weighted by molar-refractivity contribution is 0.459. The van der Waals surface area contributed by atoms with Crippen molar-refractivity contribution in [3.63, 3.8) is 0 Å². The summed E-state index contributed by atoms with van der Waals surface area (Å²) in [6.07, 6.45) is 4.40. The molecule has 0 bridgehead atoms. The van der Waals surface area contributed by atoms with Gasteiger partial charge in [-0.25, -0.2) is 9.67 Å². The van der Waals surface area contributed by atoms with E-state index in [2.05, 4.69) is 42.3 Å². The summed E-state index contributed by atoms with van der Waals surface area (Å²) in [5, 5.41) is 4.29. The van der Waals surface area contributed by atoms with E-state index in [1.807, 2.05) is 16.8 Å². The molecule has 108 valence electrons. The van der Waals surface area contributed by atoms with Gasteiger partial charge in [0.2, 0.25) is 0 Å². The van der Waals surface area contributed by atoms with E-state index in [-0.39, 0.29) is 6.04 Å². The number of rotatable bonds is 6. The lowest BCUT2D eigenvalue weighted by atomic mass is 10.0. The first-order valence-electron chi connectivity index (χ1n) is 6.87. The smallest absolute Gasteiger partial charge is 0.138 e. The maximum Gasteiger partial charge on any atom is 0.138 e. The molecule has 1 atom stereocenters. The van der Waals surface area contributed by atoms with Gasteiger partial charge in [-0.15, -0.1) is 11.8 Å². The zero-order valence-electron chi connectivity index (χ0n) is 12.3. The van der Waals surface area contributed by atoms with E-state index < -0.39 is 0 Å². The van der Waals surface area contributed by atoms with E-state index in [0.717, 1.165) is 12.4 Å². The van der Waals surface area contributed by atoms with Crippen molar-refractivity contribution >= 4 is 11.8 Å². The molecule has 2 N–H and O–H groups in total. The van der Waals surface area contributed by atoms with Gasteiger partial charge in [0.25, 0.3) is 0 Å². The van der Waals surface area contributed by atoms with Crippen LogP contribution in [0.15, 0.2) is 35.5 Å². The quantitative estimate of drug-likeness (QED) is 0.831. The average Bonchev–Trinajstić information content (AvgIpc) is 2.85. The number of nitrogens with zero attached hydrogens (tertiary/aromatic N) is 3. The van der Waals surface area contributed by atoms with Crippen molar-refractivity contribution in [2.75, 3.05) is 6.26 Å². The highest BCUT2D eigenvalue weighted by atomic mass is 32.2. The first-order chi connectivity index (χ1) is 9.61. The number of nitrogens with two attached hydrogens (primary N) is 1. The Kier molecular flexibility index (Phi) is 5.20. The van der Waals surface area contributed by atoms with Gasteiger partial charge in [0.05, 0.1) is 0 Å². The second-order valence-corrected chi connectivity index (χ2v) is 6.15. The van der Waals surface area contributed by atoms with Crippen LogP contribution in [-0.2, 0) is 13.0 Å². The van der Waals surface area contributed by atoms with Gasteiger partial charge >= 0.3 is 0 Å². The average molecular weight is 290 g/mol. The lowest BCUT2D eigenvalue weighted by Gasteiger charge is -2.16. The fourth-order valence-corrected chi connectivity index (χ4v) is 2.89. The minimum Gasteiger partial charge on any atom is -0.324 e. The molecule has 4 nitrogen and oxygen atoms in total. The molecule has 1 aromatic heterocycles. The van der Waals surface area contributed by atoms with E-state index in [9.17, 15) is 0 Å². The van der Waals surface area contributed by atoms with Gasteiger partial charge in [0, 0.05) is 23.9 Å². The number of benzene rings is 1. The maximum atomic E-state index is 6.37. The van der Waals surface area contributed by atoms with Crippen LogP contribution in [0.3, 0.4) is 0 Å². The molecule has 2 rings (SSSR count). The highest BCUT2D eigenvalue weighted by Gasteiger charge is 2.15. The van der Waals surface area contributed by atoms with E-state index in [0.29, 0.717) is 12.3 Å². The van der Waals surface area contributed by atoms with Crippen LogP contribution in [0, 0.1) is 5.92 Å². The van der Waals surface area contributed by atoms with Gasteiger partial charge in [-0.2, -0.15) is 5.10 Å². The van der Waals surface area contributed by atoms with E-state index in [1.165, 1.54) is 10.5 Å². The topological polar surface area (TPSA) is 56.7 Å². The van der Waals surface area contributed by atoms with Crippen molar-refractivity contribution in [3.05, 3.63) is 42.0 Å². The Morgan fingerprint density at radius 1 is 1.30 bits per heavy atom. The Morgan fingerprint density at radius 2 is 2.05 bits per heavy atom. The summed E-state index contributed by atoms with van der Waals surface area (Å²) in [5.74, 6) is 1.51. The summed E-state index contributed by atoms with van der Waals surface area (Å²) in [4.78, 5) is 5.59. The van der Waals surface area contributed by atoms with Gasteiger partial charge in [-0.1, -0.05) is 32.0 Å². The molecule has 1 heterocycles. The molecule has 1 unspecified atom stereocenters. The Labute approximate surface area is 124 Å². The van der Waals surface area contributed by atoms with Crippen LogP contribution in [0.1, 0.15) is 31.3 Å². The molecule has 0 amide bonds. The van der Waals surface area contributed by atoms with Crippen molar-refractivity contribution in [1.29, 1.82) is 0 Å². The molecule has 0 aliphatic heterocycles. The highest BCUT2D eigenvalue weighted by Crippen LogP contribution is 2.26. The molecule has 2 aromatic rings. The van der Waals surface area contributed by atoms with Crippen LogP contribution in [0.4, 0.5) is 0 Å². The normalized spacial score (nSPS) is 12.8. The van der Waals surface area contributed by atoms with Gasteiger partial charge in [0.15, 0.2) is 0 Å². The third-order valence-corrected chi connectivity index (χ3v) is 3.99. The predicted molar refractivity (Wildman–Crippen MR) is 83.7 cm³/mol. The summed E-state index contributed by atoms with van der Waals surface area (Å²) < 4.78 is 1.96. The third-order valence-electron chi connectivity index (χ3n) is 3.17. The Morgan fingerprint density at radius 3 is 2.75 bits per heavy atom. The number of thioether (sulfide) groups is 1. The minimum absolute atomic E-state index is 0.0474. The molecular formula is C15H22N4S. The first kappa shape index (κ1) is 15.1. The van der Waals surface area contributed by atoms with Crippen molar-refractivity contribution in [1.82, 2.24) is 14.8 Å². The maximum absolute atomic E-state index is 6.37. The lowest BCUT2D eigenvalue weighted by Crippen LogP contribution is -2.19.